The topological polar surface area (TPSA) is 66.2 Å². The van der Waals surface area contributed by atoms with Crippen molar-refractivity contribution in [2.24, 2.45) is 16.7 Å². The highest BCUT2D eigenvalue weighted by Crippen LogP contribution is 2.53. The molecule has 5 heterocycles. The van der Waals surface area contributed by atoms with Crippen LogP contribution >= 0.6 is 0 Å². The zero-order chi connectivity index (χ0) is 28.6. The maximum Gasteiger partial charge on any atom is 0.418 e. The zero-order valence-corrected chi connectivity index (χ0v) is 22.9. The molecule has 1 spiro atoms. The first-order valence-electron chi connectivity index (χ1n) is 14.7. The molecule has 5 fully saturated rings. The Bertz CT molecular complexity index is 1350. The molecule has 0 radical (unpaired) electrons. The van der Waals surface area contributed by atoms with Crippen LogP contribution in [0.25, 0.3) is 5.52 Å². The number of nitrogens with one attached hydrogen (secondary N) is 2. The number of alkyl halides is 5. The van der Waals surface area contributed by atoms with Gasteiger partial charge in [-0.2, -0.15) is 22.0 Å². The largest absolute Gasteiger partial charge is 0.418 e. The fourth-order valence-electron chi connectivity index (χ4n) is 7.91. The van der Waals surface area contributed by atoms with Crippen LogP contribution in [0.1, 0.15) is 68.5 Å². The summed E-state index contributed by atoms with van der Waals surface area (Å²) in [7, 11) is 0. The van der Waals surface area contributed by atoms with Crippen molar-refractivity contribution in [3.05, 3.63) is 40.1 Å². The van der Waals surface area contributed by atoms with Crippen LogP contribution in [0.15, 0.2) is 23.3 Å². The van der Waals surface area contributed by atoms with E-state index in [0.29, 0.717) is 50.0 Å². The number of pyridine rings is 1. The Morgan fingerprint density at radius 3 is 2.59 bits per heavy atom. The van der Waals surface area contributed by atoms with Crippen molar-refractivity contribution < 1.29 is 26.7 Å². The van der Waals surface area contributed by atoms with E-state index in [1.165, 1.54) is 34.1 Å². The van der Waals surface area contributed by atoms with Crippen LogP contribution in [0.2, 0.25) is 0 Å². The van der Waals surface area contributed by atoms with Gasteiger partial charge in [-0.05, 0) is 74.5 Å². The Hall–Kier alpha value is -2.06. The van der Waals surface area contributed by atoms with E-state index < -0.39 is 30.1 Å². The van der Waals surface area contributed by atoms with Crippen molar-refractivity contribution in [1.82, 2.24) is 29.6 Å². The van der Waals surface area contributed by atoms with E-state index in [4.69, 9.17) is 4.74 Å². The first-order valence-corrected chi connectivity index (χ1v) is 14.7. The molecule has 7 rings (SSSR count). The molecule has 2 aromatic rings. The number of aromatic nitrogens is 2. The minimum Gasteiger partial charge on any atom is -0.380 e. The molecule has 2 saturated carbocycles. The fourth-order valence-corrected chi connectivity index (χ4v) is 7.91. The molecule has 2 aromatic heterocycles. The lowest BCUT2D eigenvalue weighted by atomic mass is 9.64. The summed E-state index contributed by atoms with van der Waals surface area (Å²) in [6, 6.07) is 0.941. The summed E-state index contributed by atoms with van der Waals surface area (Å²) < 4.78 is 78.1. The molecule has 3 unspecified atom stereocenters. The van der Waals surface area contributed by atoms with Crippen LogP contribution in [0.5, 0.6) is 0 Å². The zero-order valence-electron chi connectivity index (χ0n) is 22.9. The van der Waals surface area contributed by atoms with Crippen LogP contribution in [0.4, 0.5) is 22.0 Å². The van der Waals surface area contributed by atoms with Crippen LogP contribution in [-0.2, 0) is 17.5 Å². The third-order valence-electron chi connectivity index (χ3n) is 10.5. The van der Waals surface area contributed by atoms with E-state index in [2.05, 4.69) is 15.8 Å². The molecule has 0 bridgehead atoms. The highest BCUT2D eigenvalue weighted by atomic mass is 19.4. The molecule has 2 N–H and O–H groups in total. The Balaban J connectivity index is 1.15. The van der Waals surface area contributed by atoms with Gasteiger partial charge in [0.15, 0.2) is 0 Å². The smallest absolute Gasteiger partial charge is 0.380 e. The van der Waals surface area contributed by atoms with Gasteiger partial charge in [0.1, 0.15) is 0 Å². The second-order valence-corrected chi connectivity index (χ2v) is 13.2. The normalized spacial score (nSPS) is 30.0. The molecule has 3 atom stereocenters. The van der Waals surface area contributed by atoms with Gasteiger partial charge in [0.2, 0.25) is 0 Å². The van der Waals surface area contributed by atoms with Crippen molar-refractivity contribution in [2.75, 3.05) is 33.0 Å². The van der Waals surface area contributed by atoms with Crippen LogP contribution in [-0.4, -0.2) is 64.5 Å². The van der Waals surface area contributed by atoms with Crippen molar-refractivity contribution in [3.63, 3.8) is 0 Å². The highest BCUT2D eigenvalue weighted by molar-refractivity contribution is 5.56. The van der Waals surface area contributed by atoms with Crippen molar-refractivity contribution in [1.29, 1.82) is 0 Å². The van der Waals surface area contributed by atoms with Gasteiger partial charge >= 0.3 is 11.9 Å². The number of likely N-dealkylation sites (tertiary alicyclic amines) is 1. The average molecular weight is 585 g/mol. The lowest BCUT2D eigenvalue weighted by molar-refractivity contribution is -0.173. The Kier molecular flexibility index (Phi) is 6.77. The molecule has 2 aliphatic carbocycles. The van der Waals surface area contributed by atoms with Gasteiger partial charge in [-0.15, -0.1) is 0 Å². The molecule has 5 aliphatic rings. The summed E-state index contributed by atoms with van der Waals surface area (Å²) in [4.78, 5) is 16.9. The monoisotopic (exact) mass is 584 g/mol. The number of hydrogen-bond donors (Lipinski definition) is 2. The molecule has 41 heavy (non-hydrogen) atoms. The SMILES string of the molecule is O=c1n(C2CCCC(C3(CC4NNCN4C(F)F)COC3)C2)cc2c(C(F)(F)F)cc(CN3CCC4(CC4)C3)cn12. The quantitative estimate of drug-likeness (QED) is 0.377. The molecular weight excluding hydrogens is 547 g/mol. The van der Waals surface area contributed by atoms with E-state index in [1.54, 1.807) is 6.20 Å². The van der Waals surface area contributed by atoms with E-state index in [0.717, 1.165) is 37.3 Å². The number of hydrazine groups is 1. The number of hydrogen-bond acceptors (Lipinski definition) is 6. The summed E-state index contributed by atoms with van der Waals surface area (Å²) >= 11 is 0. The third kappa shape index (κ3) is 5.01. The number of rotatable bonds is 7. The van der Waals surface area contributed by atoms with Crippen LogP contribution < -0.4 is 16.5 Å². The third-order valence-corrected chi connectivity index (χ3v) is 10.5. The molecule has 13 heteroatoms. The summed E-state index contributed by atoms with van der Waals surface area (Å²) in [5.41, 5.74) is 4.92. The van der Waals surface area contributed by atoms with Crippen LogP contribution in [0.3, 0.4) is 0 Å². The summed E-state index contributed by atoms with van der Waals surface area (Å²) in [5.74, 6) is 0.106. The van der Waals surface area contributed by atoms with E-state index in [9.17, 15) is 26.7 Å². The Morgan fingerprint density at radius 2 is 1.93 bits per heavy atom. The maximum absolute atomic E-state index is 14.3. The first kappa shape index (κ1) is 27.8. The van der Waals surface area contributed by atoms with Crippen LogP contribution in [0, 0.1) is 16.7 Å². The average Bonchev–Trinajstić information content (AvgIpc) is 3.20. The minimum absolute atomic E-state index is 0.0431. The number of nitrogens with zero attached hydrogens (tertiary/aromatic N) is 4. The molecule has 0 amide bonds. The molecule has 226 valence electrons. The molecular formula is C28H37F5N6O2. The van der Waals surface area contributed by atoms with Gasteiger partial charge in [0.05, 0.1) is 37.1 Å². The van der Waals surface area contributed by atoms with E-state index in [-0.39, 0.29) is 29.6 Å². The second-order valence-electron chi connectivity index (χ2n) is 13.2. The van der Waals surface area contributed by atoms with Gasteiger partial charge in [-0.25, -0.2) is 20.5 Å². The van der Waals surface area contributed by atoms with Crippen molar-refractivity contribution >= 4 is 5.52 Å². The highest BCUT2D eigenvalue weighted by Gasteiger charge is 2.51. The van der Waals surface area contributed by atoms with E-state index >= 15 is 0 Å². The predicted octanol–water partition coefficient (Wildman–Crippen LogP) is 4.16. The number of fused-ring (bicyclic) bond motifs is 1. The fraction of sp³-hybridized carbons (Fsp3) is 0.750. The Labute approximate surface area is 234 Å². The number of imidazole rings is 1. The lowest BCUT2D eigenvalue weighted by Gasteiger charge is -2.51. The molecule has 3 aliphatic heterocycles. The summed E-state index contributed by atoms with van der Waals surface area (Å²) in [5, 5.41) is 0. The summed E-state index contributed by atoms with van der Waals surface area (Å²) in [6.07, 6.45) is 4.70. The number of halogens is 5. The number of ether oxygens (including phenoxy) is 1. The predicted molar refractivity (Wildman–Crippen MR) is 140 cm³/mol. The Morgan fingerprint density at radius 1 is 1.12 bits per heavy atom. The van der Waals surface area contributed by atoms with Gasteiger partial charge in [0, 0.05) is 36.9 Å². The van der Waals surface area contributed by atoms with Gasteiger partial charge in [0.25, 0.3) is 6.55 Å². The van der Waals surface area contributed by atoms with Gasteiger partial charge in [-0.3, -0.25) is 13.9 Å². The van der Waals surface area contributed by atoms with Crippen molar-refractivity contribution in [3.8, 4) is 0 Å². The molecule has 8 nitrogen and oxygen atoms in total. The van der Waals surface area contributed by atoms with E-state index in [1.807, 2.05) is 0 Å². The summed E-state index contributed by atoms with van der Waals surface area (Å²) in [6.45, 7) is 0.509. The molecule has 0 aromatic carbocycles. The standard InChI is InChI=1S/C28H37F5N6O2/c29-24(30)39-17-34-35-23(39)10-27(15-41-16-27)19-2-1-3-20(9-19)37-13-22-21(28(31,32)33)8-18(12-38(22)25(37)40)11-36-7-6-26(14-36)4-5-26/h8,12-13,19-20,23-24,34-35H,1-7,9-11,14-17H2. The molecule has 3 saturated heterocycles. The first-order chi connectivity index (χ1) is 19.6. The van der Waals surface area contributed by atoms with Gasteiger partial charge in [-0.1, -0.05) is 6.42 Å². The maximum atomic E-state index is 14.3. The lowest BCUT2D eigenvalue weighted by Crippen LogP contribution is -2.55. The van der Waals surface area contributed by atoms with Gasteiger partial charge < -0.3 is 4.74 Å². The van der Waals surface area contributed by atoms with Crippen molar-refractivity contribution in [2.45, 2.75) is 82.8 Å². The minimum atomic E-state index is -4.59. The second kappa shape index (κ2) is 10.0.